The van der Waals surface area contributed by atoms with Gasteiger partial charge in [0.25, 0.3) is 0 Å². The third-order valence-corrected chi connectivity index (χ3v) is 3.67. The molecule has 0 saturated heterocycles. The normalized spacial score (nSPS) is 16.9. The molecule has 0 unspecified atom stereocenters. The molecule has 0 radical (unpaired) electrons. The summed E-state index contributed by atoms with van der Waals surface area (Å²) in [5.74, 6) is 1.32. The van der Waals surface area contributed by atoms with Gasteiger partial charge in [0.1, 0.15) is 5.82 Å². The Morgan fingerprint density at radius 3 is 2.61 bits per heavy atom. The van der Waals surface area contributed by atoms with Gasteiger partial charge in [0, 0.05) is 25.3 Å². The SMILES string of the molecule is CC(C)CN(Cc1ccc(N)nc1)C1CCCC1. The first-order valence-corrected chi connectivity index (χ1v) is 7.09. The number of pyridine rings is 1. The van der Waals surface area contributed by atoms with Gasteiger partial charge in [0.2, 0.25) is 0 Å². The van der Waals surface area contributed by atoms with Crippen LogP contribution in [0, 0.1) is 5.92 Å². The summed E-state index contributed by atoms with van der Waals surface area (Å²) in [6.07, 6.45) is 7.40. The van der Waals surface area contributed by atoms with Crippen molar-refractivity contribution in [2.24, 2.45) is 5.92 Å². The number of rotatable bonds is 5. The fraction of sp³-hybridized carbons (Fsp3) is 0.667. The minimum Gasteiger partial charge on any atom is -0.384 e. The van der Waals surface area contributed by atoms with Gasteiger partial charge in [-0.15, -0.1) is 0 Å². The van der Waals surface area contributed by atoms with Crippen LogP contribution in [-0.2, 0) is 6.54 Å². The van der Waals surface area contributed by atoms with E-state index in [1.54, 1.807) is 0 Å². The highest BCUT2D eigenvalue weighted by molar-refractivity contribution is 5.29. The van der Waals surface area contributed by atoms with Gasteiger partial charge in [-0.1, -0.05) is 32.8 Å². The minimum atomic E-state index is 0.607. The van der Waals surface area contributed by atoms with E-state index in [2.05, 4.69) is 29.8 Å². The highest BCUT2D eigenvalue weighted by Crippen LogP contribution is 2.25. The fourth-order valence-corrected chi connectivity index (χ4v) is 2.85. The molecular formula is C15H25N3. The first-order chi connectivity index (χ1) is 8.65. The molecule has 0 aromatic carbocycles. The van der Waals surface area contributed by atoms with Crippen LogP contribution in [0.1, 0.15) is 45.1 Å². The second-order valence-corrected chi connectivity index (χ2v) is 5.85. The van der Waals surface area contributed by atoms with Gasteiger partial charge in [-0.05, 0) is 30.4 Å². The Hall–Kier alpha value is -1.09. The molecule has 100 valence electrons. The van der Waals surface area contributed by atoms with Crippen molar-refractivity contribution in [3.63, 3.8) is 0 Å². The number of anilines is 1. The number of hydrogen-bond donors (Lipinski definition) is 1. The lowest BCUT2D eigenvalue weighted by Gasteiger charge is -2.30. The molecule has 1 saturated carbocycles. The average molecular weight is 247 g/mol. The quantitative estimate of drug-likeness (QED) is 0.869. The van der Waals surface area contributed by atoms with Crippen molar-refractivity contribution < 1.29 is 0 Å². The molecule has 0 bridgehead atoms. The van der Waals surface area contributed by atoms with Crippen molar-refractivity contribution in [3.8, 4) is 0 Å². The van der Waals surface area contributed by atoms with Crippen LogP contribution in [0.5, 0.6) is 0 Å². The molecule has 1 aromatic rings. The molecule has 1 aliphatic rings. The zero-order valence-corrected chi connectivity index (χ0v) is 11.6. The molecule has 0 spiro atoms. The van der Waals surface area contributed by atoms with E-state index in [-0.39, 0.29) is 0 Å². The minimum absolute atomic E-state index is 0.607. The summed E-state index contributed by atoms with van der Waals surface area (Å²) in [5.41, 5.74) is 6.91. The van der Waals surface area contributed by atoms with E-state index >= 15 is 0 Å². The second kappa shape index (κ2) is 6.19. The second-order valence-electron chi connectivity index (χ2n) is 5.85. The highest BCUT2D eigenvalue weighted by atomic mass is 15.2. The predicted molar refractivity (Wildman–Crippen MR) is 76.2 cm³/mol. The van der Waals surface area contributed by atoms with Crippen LogP contribution in [0.2, 0.25) is 0 Å². The smallest absolute Gasteiger partial charge is 0.123 e. The van der Waals surface area contributed by atoms with E-state index in [4.69, 9.17) is 5.73 Å². The van der Waals surface area contributed by atoms with Gasteiger partial charge in [0.15, 0.2) is 0 Å². The molecule has 3 nitrogen and oxygen atoms in total. The molecule has 1 aromatic heterocycles. The van der Waals surface area contributed by atoms with Crippen LogP contribution < -0.4 is 5.73 Å². The van der Waals surface area contributed by atoms with E-state index in [0.717, 1.165) is 12.6 Å². The Morgan fingerprint density at radius 2 is 2.06 bits per heavy atom. The molecule has 1 aliphatic carbocycles. The van der Waals surface area contributed by atoms with E-state index in [1.807, 2.05) is 12.3 Å². The topological polar surface area (TPSA) is 42.1 Å². The van der Waals surface area contributed by atoms with Crippen molar-refractivity contribution in [1.82, 2.24) is 9.88 Å². The first-order valence-electron chi connectivity index (χ1n) is 7.09. The zero-order valence-electron chi connectivity index (χ0n) is 11.6. The van der Waals surface area contributed by atoms with Crippen molar-refractivity contribution in [2.75, 3.05) is 12.3 Å². The molecule has 2 rings (SSSR count). The van der Waals surface area contributed by atoms with Crippen LogP contribution in [0.15, 0.2) is 18.3 Å². The first kappa shape index (κ1) is 13.3. The van der Waals surface area contributed by atoms with Gasteiger partial charge in [-0.3, -0.25) is 4.90 Å². The Labute approximate surface area is 110 Å². The molecule has 18 heavy (non-hydrogen) atoms. The van der Waals surface area contributed by atoms with Crippen molar-refractivity contribution >= 4 is 5.82 Å². The van der Waals surface area contributed by atoms with Crippen LogP contribution in [0.4, 0.5) is 5.82 Å². The van der Waals surface area contributed by atoms with Crippen LogP contribution in [-0.4, -0.2) is 22.5 Å². The van der Waals surface area contributed by atoms with E-state index in [9.17, 15) is 0 Å². The van der Waals surface area contributed by atoms with E-state index < -0.39 is 0 Å². The molecule has 2 N–H and O–H groups in total. The standard InChI is InChI=1S/C15H25N3/c1-12(2)10-18(14-5-3-4-6-14)11-13-7-8-15(16)17-9-13/h7-9,12,14H,3-6,10-11H2,1-2H3,(H2,16,17). The number of nitrogens with zero attached hydrogens (tertiary/aromatic N) is 2. The number of nitrogens with two attached hydrogens (primary N) is 1. The fourth-order valence-electron chi connectivity index (χ4n) is 2.85. The Bertz CT molecular complexity index is 353. The maximum absolute atomic E-state index is 5.64. The maximum Gasteiger partial charge on any atom is 0.123 e. The van der Waals surface area contributed by atoms with Gasteiger partial charge < -0.3 is 5.73 Å². The largest absolute Gasteiger partial charge is 0.384 e. The number of aromatic nitrogens is 1. The molecule has 0 atom stereocenters. The number of nitrogen functional groups attached to an aromatic ring is 1. The number of hydrogen-bond acceptors (Lipinski definition) is 3. The Balaban J connectivity index is 2.01. The third kappa shape index (κ3) is 3.70. The van der Waals surface area contributed by atoms with Gasteiger partial charge >= 0.3 is 0 Å². The Kier molecular flexibility index (Phi) is 4.59. The van der Waals surface area contributed by atoms with Crippen molar-refractivity contribution in [1.29, 1.82) is 0 Å². The average Bonchev–Trinajstić information content (AvgIpc) is 2.84. The maximum atomic E-state index is 5.64. The van der Waals surface area contributed by atoms with E-state index in [0.29, 0.717) is 11.7 Å². The summed E-state index contributed by atoms with van der Waals surface area (Å²) in [4.78, 5) is 6.82. The van der Waals surface area contributed by atoms with Crippen LogP contribution >= 0.6 is 0 Å². The lowest BCUT2D eigenvalue weighted by Crippen LogP contribution is -2.35. The summed E-state index contributed by atoms with van der Waals surface area (Å²) < 4.78 is 0. The molecule has 3 heteroatoms. The lowest BCUT2D eigenvalue weighted by molar-refractivity contribution is 0.168. The highest BCUT2D eigenvalue weighted by Gasteiger charge is 2.23. The lowest BCUT2D eigenvalue weighted by atomic mass is 10.1. The Morgan fingerprint density at radius 1 is 1.33 bits per heavy atom. The van der Waals surface area contributed by atoms with Crippen LogP contribution in [0.25, 0.3) is 0 Å². The molecular weight excluding hydrogens is 222 g/mol. The van der Waals surface area contributed by atoms with Gasteiger partial charge in [-0.2, -0.15) is 0 Å². The van der Waals surface area contributed by atoms with E-state index in [1.165, 1.54) is 37.8 Å². The summed E-state index contributed by atoms with van der Waals surface area (Å²) in [5, 5.41) is 0. The third-order valence-electron chi connectivity index (χ3n) is 3.67. The van der Waals surface area contributed by atoms with Crippen molar-refractivity contribution in [2.45, 2.75) is 52.1 Å². The molecule has 1 fully saturated rings. The monoisotopic (exact) mass is 247 g/mol. The predicted octanol–water partition coefficient (Wildman–Crippen LogP) is 3.06. The van der Waals surface area contributed by atoms with Gasteiger partial charge in [0.05, 0.1) is 0 Å². The molecule has 0 aliphatic heterocycles. The molecule has 1 heterocycles. The molecule has 0 amide bonds. The summed E-state index contributed by atoms with van der Waals surface area (Å²) in [6, 6.07) is 4.77. The van der Waals surface area contributed by atoms with Gasteiger partial charge in [-0.25, -0.2) is 4.98 Å². The summed E-state index contributed by atoms with van der Waals surface area (Å²) in [7, 11) is 0. The van der Waals surface area contributed by atoms with Crippen molar-refractivity contribution in [3.05, 3.63) is 23.9 Å². The summed E-state index contributed by atoms with van der Waals surface area (Å²) >= 11 is 0. The van der Waals surface area contributed by atoms with Crippen LogP contribution in [0.3, 0.4) is 0 Å². The zero-order chi connectivity index (χ0) is 13.0. The summed E-state index contributed by atoms with van der Waals surface area (Å²) in [6.45, 7) is 6.78.